The predicted molar refractivity (Wildman–Crippen MR) is 77.9 cm³/mol. The van der Waals surface area contributed by atoms with Gasteiger partial charge >= 0.3 is 0 Å². The molecule has 2 aromatic carbocycles. The lowest BCUT2D eigenvalue weighted by molar-refractivity contribution is -0.384. The Morgan fingerprint density at radius 1 is 0.895 bits per heavy atom. The van der Waals surface area contributed by atoms with Crippen LogP contribution in [0.15, 0.2) is 42.5 Å². The zero-order valence-corrected chi connectivity index (χ0v) is 11.0. The third kappa shape index (κ3) is 3.52. The molecule has 0 bridgehead atoms. The van der Waals surface area contributed by atoms with Crippen molar-refractivity contribution in [2.45, 2.75) is 13.8 Å². The molecule has 0 N–H and O–H groups in total. The number of nitrogens with zero attached hydrogens (tertiary/aromatic N) is 1. The molecule has 0 aliphatic heterocycles. The van der Waals surface area contributed by atoms with E-state index < -0.39 is 0 Å². The zero-order valence-electron chi connectivity index (χ0n) is 11.0. The lowest BCUT2D eigenvalue weighted by atomic mass is 10.1. The lowest BCUT2D eigenvalue weighted by Gasteiger charge is -1.99. The van der Waals surface area contributed by atoms with Crippen LogP contribution in [-0.4, -0.2) is 4.92 Å². The normalized spacial score (nSPS) is 10.8. The van der Waals surface area contributed by atoms with Crippen molar-refractivity contribution in [2.75, 3.05) is 0 Å². The highest BCUT2D eigenvalue weighted by atomic mass is 16.6. The molecule has 0 unspecified atom stereocenters. The van der Waals surface area contributed by atoms with E-state index in [2.05, 4.69) is 0 Å². The highest BCUT2D eigenvalue weighted by Crippen LogP contribution is 2.18. The Bertz CT molecular complexity index is 628. The third-order valence-electron chi connectivity index (χ3n) is 2.84. The number of nitro benzene ring substituents is 1. The minimum Gasteiger partial charge on any atom is -0.258 e. The van der Waals surface area contributed by atoms with Gasteiger partial charge in [-0.15, -0.1) is 0 Å². The molecule has 0 fully saturated rings. The first kappa shape index (κ1) is 13.0. The first-order valence-electron chi connectivity index (χ1n) is 6.05. The van der Waals surface area contributed by atoms with E-state index in [0.29, 0.717) is 0 Å². The number of nitro groups is 1. The second-order valence-electron chi connectivity index (χ2n) is 4.60. The first-order valence-corrected chi connectivity index (χ1v) is 6.05. The molecule has 0 aliphatic carbocycles. The maximum absolute atomic E-state index is 10.8. The Balaban J connectivity index is 2.27. The lowest BCUT2D eigenvalue weighted by Crippen LogP contribution is -1.89. The Morgan fingerprint density at radius 3 is 2.16 bits per heavy atom. The average molecular weight is 253 g/mol. The molecule has 0 amide bonds. The monoisotopic (exact) mass is 253 g/mol. The summed E-state index contributed by atoms with van der Waals surface area (Å²) in [5.74, 6) is 0. The van der Waals surface area contributed by atoms with Crippen molar-refractivity contribution in [3.63, 3.8) is 0 Å². The van der Waals surface area contributed by atoms with Crippen LogP contribution in [0.3, 0.4) is 0 Å². The molecule has 0 heterocycles. The van der Waals surface area contributed by atoms with E-state index in [-0.39, 0.29) is 10.6 Å². The summed E-state index contributed by atoms with van der Waals surface area (Å²) < 4.78 is 0. The summed E-state index contributed by atoms with van der Waals surface area (Å²) in [6.45, 7) is 3.90. The highest BCUT2D eigenvalue weighted by Gasteiger charge is 2.06. The molecule has 3 nitrogen and oxygen atoms in total. The molecule has 0 aromatic heterocycles. The largest absolute Gasteiger partial charge is 0.270 e. The second kappa shape index (κ2) is 5.48. The zero-order chi connectivity index (χ0) is 13.8. The summed E-state index contributed by atoms with van der Waals surface area (Å²) in [4.78, 5) is 10.4. The number of non-ortho nitro benzene ring substituents is 1. The van der Waals surface area contributed by atoms with Crippen molar-refractivity contribution < 1.29 is 4.92 Å². The molecule has 19 heavy (non-hydrogen) atoms. The molecule has 0 radical (unpaired) electrons. The van der Waals surface area contributed by atoms with E-state index in [1.807, 2.05) is 56.3 Å². The van der Waals surface area contributed by atoms with E-state index in [4.69, 9.17) is 0 Å². The van der Waals surface area contributed by atoms with Gasteiger partial charge in [0.2, 0.25) is 0 Å². The molecule has 2 rings (SSSR count). The molecule has 0 saturated carbocycles. The Labute approximate surface area is 112 Å². The molecule has 0 saturated heterocycles. The molecule has 0 aliphatic rings. The third-order valence-corrected chi connectivity index (χ3v) is 2.84. The van der Waals surface area contributed by atoms with Crippen LogP contribution in [-0.2, 0) is 0 Å². The van der Waals surface area contributed by atoms with Gasteiger partial charge < -0.3 is 0 Å². The van der Waals surface area contributed by atoms with Gasteiger partial charge in [0, 0.05) is 12.1 Å². The fourth-order valence-corrected chi connectivity index (χ4v) is 1.86. The summed E-state index contributed by atoms with van der Waals surface area (Å²) in [6.07, 6.45) is 3.85. The summed E-state index contributed by atoms with van der Waals surface area (Å²) >= 11 is 0. The smallest absolute Gasteiger partial charge is 0.258 e. The van der Waals surface area contributed by atoms with Crippen molar-refractivity contribution in [3.8, 4) is 0 Å². The maximum Gasteiger partial charge on any atom is 0.270 e. The van der Waals surface area contributed by atoms with Gasteiger partial charge in [-0.3, -0.25) is 10.1 Å². The number of rotatable bonds is 3. The summed E-state index contributed by atoms with van der Waals surface area (Å²) in [6, 6.07) is 13.2. The molecule has 3 heteroatoms. The van der Waals surface area contributed by atoms with E-state index in [9.17, 15) is 10.1 Å². The molecular weight excluding hydrogens is 238 g/mol. The van der Waals surface area contributed by atoms with Gasteiger partial charge in [0.25, 0.3) is 5.69 Å². The second-order valence-corrected chi connectivity index (χ2v) is 4.60. The van der Waals surface area contributed by atoms with Gasteiger partial charge in [0.05, 0.1) is 4.92 Å². The molecule has 96 valence electrons. The van der Waals surface area contributed by atoms with Crippen LogP contribution < -0.4 is 0 Å². The fraction of sp³-hybridized carbons (Fsp3) is 0.125. The van der Waals surface area contributed by atoms with Crippen LogP contribution in [0, 0.1) is 24.0 Å². The molecule has 0 atom stereocenters. The summed E-state index contributed by atoms with van der Waals surface area (Å²) in [5, 5.41) is 10.8. The number of hydrogen-bond acceptors (Lipinski definition) is 2. The van der Waals surface area contributed by atoms with Gasteiger partial charge in [-0.05, 0) is 30.5 Å². The summed E-state index contributed by atoms with van der Waals surface area (Å²) in [5.41, 5.74) is 4.15. The van der Waals surface area contributed by atoms with Gasteiger partial charge in [-0.1, -0.05) is 48.0 Å². The van der Waals surface area contributed by atoms with Crippen LogP contribution in [0.2, 0.25) is 0 Å². The van der Waals surface area contributed by atoms with Gasteiger partial charge in [0.1, 0.15) is 0 Å². The Morgan fingerprint density at radius 2 is 1.53 bits per heavy atom. The van der Waals surface area contributed by atoms with Gasteiger partial charge in [0.15, 0.2) is 0 Å². The van der Waals surface area contributed by atoms with Crippen molar-refractivity contribution in [1.82, 2.24) is 0 Å². The van der Waals surface area contributed by atoms with Crippen molar-refractivity contribution in [1.29, 1.82) is 0 Å². The molecule has 2 aromatic rings. The molecular formula is C16H15NO2. The minimum absolute atomic E-state index is 0.128. The minimum atomic E-state index is -0.365. The first-order chi connectivity index (χ1) is 9.04. The summed E-state index contributed by atoms with van der Waals surface area (Å²) in [7, 11) is 0. The van der Waals surface area contributed by atoms with Crippen molar-refractivity contribution in [3.05, 3.63) is 74.8 Å². The predicted octanol–water partition coefficient (Wildman–Crippen LogP) is 4.38. The van der Waals surface area contributed by atoms with Crippen LogP contribution in [0.4, 0.5) is 5.69 Å². The van der Waals surface area contributed by atoms with Gasteiger partial charge in [-0.25, -0.2) is 0 Å². The standard InChI is InChI=1S/C16H15NO2/c1-12-3-5-14(6-4-12)7-8-15-9-13(2)10-16(11-15)17(18)19/h3-11H,1-2H3/b8-7+. The number of hydrogen-bond donors (Lipinski definition) is 0. The van der Waals surface area contributed by atoms with Crippen LogP contribution in [0.25, 0.3) is 12.2 Å². The quantitative estimate of drug-likeness (QED) is 0.462. The van der Waals surface area contributed by atoms with E-state index in [0.717, 1.165) is 16.7 Å². The highest BCUT2D eigenvalue weighted by molar-refractivity contribution is 5.71. The fourth-order valence-electron chi connectivity index (χ4n) is 1.86. The Kier molecular flexibility index (Phi) is 3.76. The van der Waals surface area contributed by atoms with E-state index in [1.165, 1.54) is 5.56 Å². The topological polar surface area (TPSA) is 43.1 Å². The number of benzene rings is 2. The van der Waals surface area contributed by atoms with Crippen molar-refractivity contribution in [2.24, 2.45) is 0 Å². The maximum atomic E-state index is 10.8. The molecule has 0 spiro atoms. The van der Waals surface area contributed by atoms with Gasteiger partial charge in [-0.2, -0.15) is 0 Å². The van der Waals surface area contributed by atoms with E-state index in [1.54, 1.807) is 12.1 Å². The SMILES string of the molecule is Cc1ccc(/C=C/c2cc(C)cc([N+](=O)[O-])c2)cc1. The van der Waals surface area contributed by atoms with Crippen LogP contribution in [0.5, 0.6) is 0 Å². The average Bonchev–Trinajstić information content (AvgIpc) is 2.37. The van der Waals surface area contributed by atoms with Crippen LogP contribution >= 0.6 is 0 Å². The Hall–Kier alpha value is -2.42. The van der Waals surface area contributed by atoms with E-state index >= 15 is 0 Å². The van der Waals surface area contributed by atoms with Crippen LogP contribution in [0.1, 0.15) is 22.3 Å². The number of aryl methyl sites for hydroxylation is 2. The van der Waals surface area contributed by atoms with Crippen molar-refractivity contribution >= 4 is 17.8 Å².